The van der Waals surface area contributed by atoms with Crippen molar-refractivity contribution in [1.29, 1.82) is 0 Å². The number of carboxylic acids is 1. The topological polar surface area (TPSA) is 56.7 Å². The highest BCUT2D eigenvalue weighted by molar-refractivity contribution is 5.72. The average Bonchev–Trinajstić information content (AvgIpc) is 3.16. The maximum absolute atomic E-state index is 11.8. The first-order chi connectivity index (χ1) is 13.2. The molecule has 0 radical (unpaired) electrons. The van der Waals surface area contributed by atoms with Crippen molar-refractivity contribution in [3.8, 4) is 0 Å². The van der Waals surface area contributed by atoms with E-state index in [9.17, 15) is 9.90 Å². The van der Waals surface area contributed by atoms with Gasteiger partial charge < -0.3 is 5.11 Å². The standard InChI is InChI=1S/C22H27N3O2/c26-22(27)21-16-25(15-20(21)17-6-2-1-3-7-17)19-9-12-24(13-10-19)14-18-8-4-5-11-23-18/h1-8,11,19-21H,9-10,12-16H2,(H,26,27)/t20-,21+/m0/s1. The molecule has 5 heteroatoms. The van der Waals surface area contributed by atoms with Crippen LogP contribution in [0.4, 0.5) is 0 Å². The molecular formula is C22H27N3O2. The second-order valence-electron chi connectivity index (χ2n) is 7.74. The number of aliphatic carboxylic acids is 1. The van der Waals surface area contributed by atoms with Crippen molar-refractivity contribution in [2.45, 2.75) is 31.3 Å². The molecule has 1 N–H and O–H groups in total. The van der Waals surface area contributed by atoms with Crippen molar-refractivity contribution in [3.63, 3.8) is 0 Å². The van der Waals surface area contributed by atoms with Crippen LogP contribution in [0.25, 0.3) is 0 Å². The summed E-state index contributed by atoms with van der Waals surface area (Å²) in [4.78, 5) is 21.1. The Balaban J connectivity index is 1.36. The van der Waals surface area contributed by atoms with Gasteiger partial charge in [0, 0.05) is 50.9 Å². The molecule has 2 aliphatic heterocycles. The number of benzene rings is 1. The fourth-order valence-corrected chi connectivity index (χ4v) is 4.58. The van der Waals surface area contributed by atoms with Crippen molar-refractivity contribution < 1.29 is 9.90 Å². The first kappa shape index (κ1) is 18.1. The number of piperidine rings is 1. The fraction of sp³-hybridized carbons (Fsp3) is 0.455. The van der Waals surface area contributed by atoms with Crippen LogP contribution in [0.5, 0.6) is 0 Å². The molecule has 0 saturated carbocycles. The van der Waals surface area contributed by atoms with Gasteiger partial charge in [0.15, 0.2) is 0 Å². The number of nitrogens with zero attached hydrogens (tertiary/aromatic N) is 3. The molecular weight excluding hydrogens is 338 g/mol. The number of likely N-dealkylation sites (tertiary alicyclic amines) is 2. The van der Waals surface area contributed by atoms with Crippen LogP contribution in [0.2, 0.25) is 0 Å². The third kappa shape index (κ3) is 4.20. The molecule has 3 heterocycles. The molecule has 0 unspecified atom stereocenters. The molecule has 2 aromatic rings. The SMILES string of the molecule is O=C(O)[C@@H]1CN(C2CCN(Cc3ccccn3)CC2)C[C@H]1c1ccccc1. The van der Waals surface area contributed by atoms with E-state index < -0.39 is 5.97 Å². The highest BCUT2D eigenvalue weighted by Crippen LogP contribution is 2.35. The van der Waals surface area contributed by atoms with Crippen LogP contribution in [0.3, 0.4) is 0 Å². The van der Waals surface area contributed by atoms with Crippen LogP contribution in [0, 0.1) is 5.92 Å². The van der Waals surface area contributed by atoms with E-state index in [0.29, 0.717) is 12.6 Å². The Morgan fingerprint density at radius 2 is 1.78 bits per heavy atom. The summed E-state index contributed by atoms with van der Waals surface area (Å²) in [7, 11) is 0. The van der Waals surface area contributed by atoms with Crippen LogP contribution >= 0.6 is 0 Å². The summed E-state index contributed by atoms with van der Waals surface area (Å²) in [5.41, 5.74) is 2.27. The highest BCUT2D eigenvalue weighted by Gasteiger charge is 2.41. The molecule has 2 atom stereocenters. The molecule has 2 saturated heterocycles. The minimum absolute atomic E-state index is 0.0928. The molecule has 0 bridgehead atoms. The zero-order chi connectivity index (χ0) is 18.6. The Bertz CT molecular complexity index is 745. The van der Waals surface area contributed by atoms with E-state index in [0.717, 1.165) is 50.3 Å². The number of carbonyl (C=O) groups is 1. The molecule has 0 amide bonds. The lowest BCUT2D eigenvalue weighted by molar-refractivity contribution is -0.141. The lowest BCUT2D eigenvalue weighted by Crippen LogP contribution is -2.44. The Morgan fingerprint density at radius 1 is 1.04 bits per heavy atom. The number of rotatable bonds is 5. The smallest absolute Gasteiger partial charge is 0.308 e. The normalized spacial score (nSPS) is 24.9. The zero-order valence-electron chi connectivity index (χ0n) is 15.6. The van der Waals surface area contributed by atoms with Crippen LogP contribution in [0.15, 0.2) is 54.7 Å². The lowest BCUT2D eigenvalue weighted by Gasteiger charge is -2.36. The number of pyridine rings is 1. The third-order valence-corrected chi connectivity index (χ3v) is 6.08. The molecule has 0 aliphatic carbocycles. The molecule has 1 aromatic heterocycles. The molecule has 0 spiro atoms. The van der Waals surface area contributed by atoms with Crippen molar-refractivity contribution >= 4 is 5.97 Å². The van der Waals surface area contributed by atoms with Gasteiger partial charge in [0.05, 0.1) is 11.6 Å². The quantitative estimate of drug-likeness (QED) is 0.883. The van der Waals surface area contributed by atoms with E-state index in [1.807, 2.05) is 36.5 Å². The lowest BCUT2D eigenvalue weighted by atomic mass is 9.89. The fourth-order valence-electron chi connectivity index (χ4n) is 4.58. The van der Waals surface area contributed by atoms with Crippen LogP contribution < -0.4 is 0 Å². The zero-order valence-corrected chi connectivity index (χ0v) is 15.6. The van der Waals surface area contributed by atoms with Gasteiger partial charge in [-0.3, -0.25) is 19.6 Å². The van der Waals surface area contributed by atoms with Crippen molar-refractivity contribution in [1.82, 2.24) is 14.8 Å². The van der Waals surface area contributed by atoms with E-state index in [1.165, 1.54) is 0 Å². The summed E-state index contributed by atoms with van der Waals surface area (Å²) in [5.74, 6) is -0.881. The van der Waals surface area contributed by atoms with Gasteiger partial charge in [-0.2, -0.15) is 0 Å². The van der Waals surface area contributed by atoms with E-state index in [4.69, 9.17) is 0 Å². The summed E-state index contributed by atoms with van der Waals surface area (Å²) < 4.78 is 0. The molecule has 5 nitrogen and oxygen atoms in total. The largest absolute Gasteiger partial charge is 0.481 e. The Morgan fingerprint density at radius 3 is 2.44 bits per heavy atom. The van der Waals surface area contributed by atoms with Crippen LogP contribution in [-0.4, -0.2) is 58.1 Å². The van der Waals surface area contributed by atoms with Gasteiger partial charge in [-0.25, -0.2) is 0 Å². The summed E-state index contributed by atoms with van der Waals surface area (Å²) in [6, 6.07) is 16.7. The number of hydrogen-bond donors (Lipinski definition) is 1. The van der Waals surface area contributed by atoms with E-state index in [1.54, 1.807) is 0 Å². The van der Waals surface area contributed by atoms with Crippen molar-refractivity contribution in [3.05, 3.63) is 66.0 Å². The van der Waals surface area contributed by atoms with Gasteiger partial charge >= 0.3 is 5.97 Å². The predicted molar refractivity (Wildman–Crippen MR) is 104 cm³/mol. The summed E-state index contributed by atoms with van der Waals surface area (Å²) in [6.07, 6.45) is 4.05. The average molecular weight is 365 g/mol. The van der Waals surface area contributed by atoms with Gasteiger partial charge in [-0.15, -0.1) is 0 Å². The Hall–Kier alpha value is -2.24. The minimum atomic E-state index is -0.668. The van der Waals surface area contributed by atoms with E-state index in [2.05, 4.69) is 33.0 Å². The molecule has 4 rings (SSSR count). The minimum Gasteiger partial charge on any atom is -0.481 e. The molecule has 2 aliphatic rings. The Labute approximate surface area is 160 Å². The predicted octanol–water partition coefficient (Wildman–Crippen LogP) is 2.85. The van der Waals surface area contributed by atoms with Crippen LogP contribution in [-0.2, 0) is 11.3 Å². The molecule has 27 heavy (non-hydrogen) atoms. The van der Waals surface area contributed by atoms with Crippen molar-refractivity contribution in [2.75, 3.05) is 26.2 Å². The number of carboxylic acid groups (broad SMARTS) is 1. The van der Waals surface area contributed by atoms with Gasteiger partial charge in [0.1, 0.15) is 0 Å². The first-order valence-corrected chi connectivity index (χ1v) is 9.85. The second kappa shape index (κ2) is 8.19. The van der Waals surface area contributed by atoms with Gasteiger partial charge in [0.25, 0.3) is 0 Å². The third-order valence-electron chi connectivity index (χ3n) is 6.08. The monoisotopic (exact) mass is 365 g/mol. The van der Waals surface area contributed by atoms with E-state index in [-0.39, 0.29) is 11.8 Å². The van der Waals surface area contributed by atoms with E-state index >= 15 is 0 Å². The second-order valence-corrected chi connectivity index (χ2v) is 7.74. The molecule has 2 fully saturated rings. The summed E-state index contributed by atoms with van der Waals surface area (Å²) >= 11 is 0. The molecule has 142 valence electrons. The maximum atomic E-state index is 11.8. The summed E-state index contributed by atoms with van der Waals surface area (Å²) in [5, 5.41) is 9.73. The van der Waals surface area contributed by atoms with Crippen molar-refractivity contribution in [2.24, 2.45) is 5.92 Å². The number of aromatic nitrogens is 1. The Kier molecular flexibility index (Phi) is 5.50. The molecule has 1 aromatic carbocycles. The first-order valence-electron chi connectivity index (χ1n) is 9.85. The van der Waals surface area contributed by atoms with Gasteiger partial charge in [-0.05, 0) is 30.5 Å². The van der Waals surface area contributed by atoms with Gasteiger partial charge in [-0.1, -0.05) is 36.4 Å². The highest BCUT2D eigenvalue weighted by atomic mass is 16.4. The summed E-state index contributed by atoms with van der Waals surface area (Å²) in [6.45, 7) is 4.51. The number of hydrogen-bond acceptors (Lipinski definition) is 4. The maximum Gasteiger partial charge on any atom is 0.308 e. The van der Waals surface area contributed by atoms with Gasteiger partial charge in [0.2, 0.25) is 0 Å². The van der Waals surface area contributed by atoms with Crippen LogP contribution in [0.1, 0.15) is 30.0 Å².